The van der Waals surface area contributed by atoms with Gasteiger partial charge in [-0.15, -0.1) is 0 Å². The van der Waals surface area contributed by atoms with Crippen molar-refractivity contribution in [3.8, 4) is 5.75 Å². The molecule has 1 amide bonds. The highest BCUT2D eigenvalue weighted by Gasteiger charge is 2.25. The molecule has 28 heavy (non-hydrogen) atoms. The molecule has 2 aliphatic rings. The van der Waals surface area contributed by atoms with Gasteiger partial charge < -0.3 is 15.0 Å². The molecular formula is C23H33N3O2. The van der Waals surface area contributed by atoms with E-state index in [-0.39, 0.29) is 5.91 Å². The normalized spacial score (nSPS) is 20.2. The quantitative estimate of drug-likeness (QED) is 0.761. The minimum atomic E-state index is 0.210. The zero-order chi connectivity index (χ0) is 19.3. The lowest BCUT2D eigenvalue weighted by atomic mass is 9.89. The van der Waals surface area contributed by atoms with Crippen molar-refractivity contribution in [3.63, 3.8) is 0 Å². The number of nitrogens with zero attached hydrogens (tertiary/aromatic N) is 1. The van der Waals surface area contributed by atoms with Gasteiger partial charge in [0.25, 0.3) is 0 Å². The lowest BCUT2D eigenvalue weighted by Gasteiger charge is -2.32. The summed E-state index contributed by atoms with van der Waals surface area (Å²) in [7, 11) is 1.71. The fourth-order valence-corrected chi connectivity index (χ4v) is 4.89. The lowest BCUT2D eigenvalue weighted by molar-refractivity contribution is -0.123. The molecule has 152 valence electrons. The maximum absolute atomic E-state index is 12.5. The smallest absolute Gasteiger partial charge is 0.234 e. The van der Waals surface area contributed by atoms with Crippen LogP contribution in [0.2, 0.25) is 0 Å². The number of ether oxygens (including phenoxy) is 1. The number of methoxy groups -OCH3 is 1. The molecule has 1 saturated carbocycles. The van der Waals surface area contributed by atoms with E-state index in [9.17, 15) is 4.79 Å². The number of H-pyrrole nitrogens is 1. The monoisotopic (exact) mass is 383 g/mol. The third-order valence-electron chi connectivity index (χ3n) is 6.54. The molecule has 0 radical (unpaired) electrons. The van der Waals surface area contributed by atoms with Gasteiger partial charge in [0, 0.05) is 23.1 Å². The van der Waals surface area contributed by atoms with Crippen LogP contribution in [0.5, 0.6) is 5.75 Å². The SMILES string of the molecule is COc1ccc2[nH]cc(C3CCN(CC(=O)NC4CCCCCC4)CC3)c2c1. The molecule has 2 N–H and O–H groups in total. The van der Waals surface area contributed by atoms with E-state index in [1.807, 2.05) is 6.07 Å². The number of hydrogen-bond acceptors (Lipinski definition) is 3. The molecule has 4 rings (SSSR count). The number of amides is 1. The number of carbonyl (C=O) groups is 1. The summed E-state index contributed by atoms with van der Waals surface area (Å²) >= 11 is 0. The van der Waals surface area contributed by atoms with Crippen LogP contribution in [0.3, 0.4) is 0 Å². The van der Waals surface area contributed by atoms with Crippen LogP contribution in [0.4, 0.5) is 0 Å². The van der Waals surface area contributed by atoms with Crippen molar-refractivity contribution in [2.24, 2.45) is 0 Å². The average Bonchev–Trinajstić information content (AvgIpc) is 2.96. The number of nitrogens with one attached hydrogen (secondary N) is 2. The van der Waals surface area contributed by atoms with E-state index < -0.39 is 0 Å². The zero-order valence-corrected chi connectivity index (χ0v) is 17.0. The Kier molecular flexibility index (Phi) is 6.20. The van der Waals surface area contributed by atoms with E-state index in [1.54, 1.807) is 7.11 Å². The van der Waals surface area contributed by atoms with Gasteiger partial charge in [0.05, 0.1) is 13.7 Å². The number of hydrogen-bond donors (Lipinski definition) is 2. The molecule has 0 atom stereocenters. The second kappa shape index (κ2) is 8.99. The van der Waals surface area contributed by atoms with Gasteiger partial charge in [-0.05, 0) is 68.5 Å². The fourth-order valence-electron chi connectivity index (χ4n) is 4.89. The number of fused-ring (bicyclic) bond motifs is 1. The predicted octanol–water partition coefficient (Wildman–Crippen LogP) is 4.19. The molecule has 0 unspecified atom stereocenters. The largest absolute Gasteiger partial charge is 0.497 e. The maximum atomic E-state index is 12.5. The topological polar surface area (TPSA) is 57.4 Å². The molecular weight excluding hydrogens is 350 g/mol. The molecule has 1 aromatic carbocycles. The first kappa shape index (κ1) is 19.3. The van der Waals surface area contributed by atoms with Crippen molar-refractivity contribution >= 4 is 16.8 Å². The zero-order valence-electron chi connectivity index (χ0n) is 17.0. The lowest BCUT2D eigenvalue weighted by Crippen LogP contribution is -2.44. The first-order valence-electron chi connectivity index (χ1n) is 10.9. The van der Waals surface area contributed by atoms with Gasteiger partial charge in [0.15, 0.2) is 0 Å². The summed E-state index contributed by atoms with van der Waals surface area (Å²) in [6.45, 7) is 2.52. The van der Waals surface area contributed by atoms with E-state index >= 15 is 0 Å². The molecule has 5 nitrogen and oxygen atoms in total. The van der Waals surface area contributed by atoms with Gasteiger partial charge in [-0.1, -0.05) is 25.7 Å². The van der Waals surface area contributed by atoms with Gasteiger partial charge >= 0.3 is 0 Å². The maximum Gasteiger partial charge on any atom is 0.234 e. The van der Waals surface area contributed by atoms with Crippen molar-refractivity contribution < 1.29 is 9.53 Å². The second-order valence-electron chi connectivity index (χ2n) is 8.46. The van der Waals surface area contributed by atoms with Crippen molar-refractivity contribution in [3.05, 3.63) is 30.0 Å². The summed E-state index contributed by atoms with van der Waals surface area (Å²) in [5, 5.41) is 4.55. The van der Waals surface area contributed by atoms with E-state index in [0.717, 1.165) is 44.5 Å². The van der Waals surface area contributed by atoms with Crippen molar-refractivity contribution in [1.82, 2.24) is 15.2 Å². The van der Waals surface area contributed by atoms with Crippen LogP contribution in [-0.2, 0) is 4.79 Å². The summed E-state index contributed by atoms with van der Waals surface area (Å²) in [4.78, 5) is 18.2. The molecule has 2 fully saturated rings. The third-order valence-corrected chi connectivity index (χ3v) is 6.54. The summed E-state index contributed by atoms with van der Waals surface area (Å²) in [6, 6.07) is 6.62. The number of likely N-dealkylation sites (tertiary alicyclic amines) is 1. The Hall–Kier alpha value is -2.01. The molecule has 1 saturated heterocycles. The molecule has 0 bridgehead atoms. The number of aromatic amines is 1. The van der Waals surface area contributed by atoms with Crippen LogP contribution in [0.15, 0.2) is 24.4 Å². The van der Waals surface area contributed by atoms with Crippen LogP contribution in [0.1, 0.15) is 62.8 Å². The average molecular weight is 384 g/mol. The summed E-state index contributed by atoms with van der Waals surface area (Å²) in [5.74, 6) is 1.66. The van der Waals surface area contributed by atoms with Gasteiger partial charge in [-0.25, -0.2) is 0 Å². The highest BCUT2D eigenvalue weighted by Crippen LogP contribution is 2.34. The van der Waals surface area contributed by atoms with Crippen LogP contribution in [0, 0.1) is 0 Å². The number of benzene rings is 1. The third kappa shape index (κ3) is 4.52. The second-order valence-corrected chi connectivity index (χ2v) is 8.46. The number of piperidine rings is 1. The Balaban J connectivity index is 1.30. The van der Waals surface area contributed by atoms with Crippen LogP contribution >= 0.6 is 0 Å². The van der Waals surface area contributed by atoms with E-state index in [2.05, 4.69) is 33.5 Å². The standard InChI is InChI=1S/C23H33N3O2/c1-28-19-8-9-22-20(14-19)21(15-24-22)17-10-12-26(13-11-17)16-23(27)25-18-6-4-2-3-5-7-18/h8-9,14-15,17-18,24H,2-7,10-13,16H2,1H3,(H,25,27). The Bertz CT molecular complexity index is 784. The Morgan fingerprint density at radius 1 is 1.14 bits per heavy atom. The van der Waals surface area contributed by atoms with E-state index in [1.165, 1.54) is 42.1 Å². The molecule has 1 aromatic heterocycles. The minimum absolute atomic E-state index is 0.210. The Morgan fingerprint density at radius 2 is 1.89 bits per heavy atom. The minimum Gasteiger partial charge on any atom is -0.497 e. The molecule has 1 aliphatic heterocycles. The van der Waals surface area contributed by atoms with Gasteiger partial charge in [-0.2, -0.15) is 0 Å². The molecule has 1 aliphatic carbocycles. The predicted molar refractivity (Wildman–Crippen MR) is 113 cm³/mol. The number of carbonyl (C=O) groups excluding carboxylic acids is 1. The first-order chi connectivity index (χ1) is 13.7. The van der Waals surface area contributed by atoms with Crippen molar-refractivity contribution in [2.45, 2.75) is 63.3 Å². The van der Waals surface area contributed by atoms with Crippen LogP contribution < -0.4 is 10.1 Å². The molecule has 5 heteroatoms. The summed E-state index contributed by atoms with van der Waals surface area (Å²) in [6.07, 6.45) is 11.8. The fraction of sp³-hybridized carbons (Fsp3) is 0.609. The highest BCUT2D eigenvalue weighted by molar-refractivity contribution is 5.85. The number of rotatable bonds is 5. The van der Waals surface area contributed by atoms with Gasteiger partial charge in [0.2, 0.25) is 5.91 Å². The molecule has 2 heterocycles. The Labute approximate surface area is 167 Å². The van der Waals surface area contributed by atoms with Gasteiger partial charge in [0.1, 0.15) is 5.75 Å². The van der Waals surface area contributed by atoms with Crippen LogP contribution in [0.25, 0.3) is 10.9 Å². The van der Waals surface area contributed by atoms with E-state index in [0.29, 0.717) is 18.5 Å². The Morgan fingerprint density at radius 3 is 2.61 bits per heavy atom. The summed E-state index contributed by atoms with van der Waals surface area (Å²) in [5.41, 5.74) is 2.55. The first-order valence-corrected chi connectivity index (χ1v) is 10.9. The molecule has 0 spiro atoms. The van der Waals surface area contributed by atoms with E-state index in [4.69, 9.17) is 4.74 Å². The van der Waals surface area contributed by atoms with Crippen LogP contribution in [-0.4, -0.2) is 48.6 Å². The van der Waals surface area contributed by atoms with Crippen molar-refractivity contribution in [1.29, 1.82) is 0 Å². The highest BCUT2D eigenvalue weighted by atomic mass is 16.5. The molecule has 2 aromatic rings. The summed E-state index contributed by atoms with van der Waals surface area (Å²) < 4.78 is 5.40. The van der Waals surface area contributed by atoms with Gasteiger partial charge in [-0.3, -0.25) is 9.69 Å². The van der Waals surface area contributed by atoms with Crippen molar-refractivity contribution in [2.75, 3.05) is 26.7 Å². The number of aromatic nitrogens is 1.